The first-order valence-electron chi connectivity index (χ1n) is 11.1. The van der Waals surface area contributed by atoms with Crippen LogP contribution in [0.3, 0.4) is 0 Å². The topological polar surface area (TPSA) is 69.6 Å². The Hall–Kier alpha value is -1.86. The number of ketones is 2. The summed E-state index contributed by atoms with van der Waals surface area (Å²) in [5, 5.41) is 0. The van der Waals surface area contributed by atoms with Crippen LogP contribution in [0.5, 0.6) is 0 Å². The van der Waals surface area contributed by atoms with E-state index in [4.69, 9.17) is 0 Å². The van der Waals surface area contributed by atoms with E-state index in [0.717, 1.165) is 76.7 Å². The number of aromatic nitrogens is 2. The van der Waals surface area contributed by atoms with Gasteiger partial charge in [-0.2, -0.15) is 0 Å². The van der Waals surface area contributed by atoms with E-state index in [1.54, 1.807) is 0 Å². The molecule has 3 fully saturated rings. The Morgan fingerprint density at radius 3 is 1.90 bits per heavy atom. The van der Waals surface area contributed by atoms with Crippen molar-refractivity contribution in [1.82, 2.24) is 19.8 Å². The van der Waals surface area contributed by atoms with Gasteiger partial charge in [0.05, 0.1) is 5.41 Å². The molecule has 0 bridgehead atoms. The van der Waals surface area contributed by atoms with E-state index in [0.29, 0.717) is 12.8 Å². The SMILES string of the molecule is Cc1cnc(N2CCN(CCCCN3CCC4(CC3)C(=O)CCC4=O)CC2)nc1. The number of nitrogens with zero attached hydrogens (tertiary/aromatic N) is 5. The van der Waals surface area contributed by atoms with Gasteiger partial charge in [0.2, 0.25) is 5.95 Å². The first-order chi connectivity index (χ1) is 14.1. The number of unbranched alkanes of at least 4 members (excludes halogenated alkanes) is 1. The quantitative estimate of drug-likeness (QED) is 0.533. The van der Waals surface area contributed by atoms with Crippen LogP contribution in [-0.2, 0) is 9.59 Å². The minimum Gasteiger partial charge on any atom is -0.338 e. The summed E-state index contributed by atoms with van der Waals surface area (Å²) >= 11 is 0. The maximum atomic E-state index is 12.2. The Morgan fingerprint density at radius 1 is 0.828 bits per heavy atom. The summed E-state index contributed by atoms with van der Waals surface area (Å²) in [5.41, 5.74) is 0.495. The van der Waals surface area contributed by atoms with Crippen molar-refractivity contribution in [2.45, 2.75) is 45.4 Å². The number of hydrogen-bond acceptors (Lipinski definition) is 7. The summed E-state index contributed by atoms with van der Waals surface area (Å²) in [6.07, 6.45) is 8.58. The molecule has 4 rings (SSSR count). The molecule has 3 heterocycles. The number of likely N-dealkylation sites (tertiary alicyclic amines) is 1. The number of rotatable bonds is 6. The highest BCUT2D eigenvalue weighted by molar-refractivity contribution is 6.12. The summed E-state index contributed by atoms with van der Waals surface area (Å²) in [5.74, 6) is 1.26. The van der Waals surface area contributed by atoms with Crippen LogP contribution in [-0.4, -0.2) is 83.7 Å². The van der Waals surface area contributed by atoms with Crippen molar-refractivity contribution in [2.24, 2.45) is 5.41 Å². The van der Waals surface area contributed by atoms with Gasteiger partial charge >= 0.3 is 0 Å². The van der Waals surface area contributed by atoms with Crippen LogP contribution in [0, 0.1) is 12.3 Å². The number of carbonyl (C=O) groups excluding carboxylic acids is 2. The van der Waals surface area contributed by atoms with E-state index < -0.39 is 5.41 Å². The fourth-order valence-electron chi connectivity index (χ4n) is 4.97. The lowest BCUT2D eigenvalue weighted by Crippen LogP contribution is -2.47. The van der Waals surface area contributed by atoms with Crippen molar-refractivity contribution in [3.63, 3.8) is 0 Å². The molecular formula is C22H33N5O2. The van der Waals surface area contributed by atoms with Crippen molar-refractivity contribution in [3.05, 3.63) is 18.0 Å². The highest BCUT2D eigenvalue weighted by atomic mass is 16.2. The van der Waals surface area contributed by atoms with E-state index in [2.05, 4.69) is 24.7 Å². The monoisotopic (exact) mass is 399 g/mol. The molecular weight excluding hydrogens is 366 g/mol. The molecule has 158 valence electrons. The van der Waals surface area contributed by atoms with Gasteiger partial charge in [-0.1, -0.05) is 0 Å². The molecule has 1 aliphatic carbocycles. The van der Waals surface area contributed by atoms with E-state index >= 15 is 0 Å². The summed E-state index contributed by atoms with van der Waals surface area (Å²) in [6, 6.07) is 0. The summed E-state index contributed by atoms with van der Waals surface area (Å²) < 4.78 is 0. The standard InChI is InChI=1S/C22H33N5O2/c1-18-16-23-21(24-17-18)27-14-12-26(13-15-27)9-3-2-8-25-10-6-22(7-11-25)19(28)4-5-20(22)29/h16-17H,2-15H2,1H3. The molecule has 1 spiro atoms. The number of piperidine rings is 1. The largest absolute Gasteiger partial charge is 0.338 e. The first-order valence-corrected chi connectivity index (χ1v) is 11.1. The lowest BCUT2D eigenvalue weighted by atomic mass is 9.75. The third-order valence-electron chi connectivity index (χ3n) is 6.98. The van der Waals surface area contributed by atoms with Crippen molar-refractivity contribution in [3.8, 4) is 0 Å². The van der Waals surface area contributed by atoms with E-state index in [1.165, 1.54) is 12.8 Å². The van der Waals surface area contributed by atoms with Crippen LogP contribution in [0.4, 0.5) is 5.95 Å². The van der Waals surface area contributed by atoms with Crippen LogP contribution < -0.4 is 4.90 Å². The van der Waals surface area contributed by atoms with Crippen molar-refractivity contribution in [2.75, 3.05) is 57.3 Å². The second kappa shape index (κ2) is 8.88. The molecule has 0 N–H and O–H groups in total. The van der Waals surface area contributed by atoms with E-state index in [9.17, 15) is 9.59 Å². The van der Waals surface area contributed by atoms with Crippen LogP contribution in [0.1, 0.15) is 44.1 Å². The van der Waals surface area contributed by atoms with Crippen LogP contribution in [0.15, 0.2) is 12.4 Å². The van der Waals surface area contributed by atoms with Crippen LogP contribution in [0.25, 0.3) is 0 Å². The number of Topliss-reactive ketones (excluding diaryl/α,β-unsaturated/α-hetero) is 2. The zero-order valence-corrected chi connectivity index (χ0v) is 17.6. The molecule has 0 aromatic carbocycles. The van der Waals surface area contributed by atoms with Crippen LogP contribution >= 0.6 is 0 Å². The Morgan fingerprint density at radius 2 is 1.34 bits per heavy atom. The van der Waals surface area contributed by atoms with Gasteiger partial charge < -0.3 is 9.80 Å². The minimum absolute atomic E-state index is 0.206. The maximum Gasteiger partial charge on any atom is 0.225 e. The van der Waals surface area contributed by atoms with Gasteiger partial charge in [0.25, 0.3) is 0 Å². The molecule has 1 aromatic heterocycles. The van der Waals surface area contributed by atoms with E-state index in [1.807, 2.05) is 19.3 Å². The predicted octanol–water partition coefficient (Wildman–Crippen LogP) is 1.70. The van der Waals surface area contributed by atoms with Crippen molar-refractivity contribution < 1.29 is 9.59 Å². The van der Waals surface area contributed by atoms with Gasteiger partial charge in [-0.25, -0.2) is 9.97 Å². The first kappa shape index (κ1) is 20.4. The second-order valence-corrected chi connectivity index (χ2v) is 8.87. The highest BCUT2D eigenvalue weighted by Crippen LogP contribution is 2.40. The van der Waals surface area contributed by atoms with Gasteiger partial charge in [0, 0.05) is 51.4 Å². The summed E-state index contributed by atoms with van der Waals surface area (Å²) in [6.45, 7) is 10.1. The second-order valence-electron chi connectivity index (χ2n) is 8.87. The Kier molecular flexibility index (Phi) is 6.25. The fraction of sp³-hybridized carbons (Fsp3) is 0.727. The molecule has 0 amide bonds. The average Bonchev–Trinajstić information content (AvgIpc) is 3.02. The third-order valence-corrected chi connectivity index (χ3v) is 6.98. The molecule has 29 heavy (non-hydrogen) atoms. The normalized spacial score (nSPS) is 23.3. The minimum atomic E-state index is -0.600. The highest BCUT2D eigenvalue weighted by Gasteiger charge is 2.50. The smallest absolute Gasteiger partial charge is 0.225 e. The van der Waals surface area contributed by atoms with Gasteiger partial charge in [-0.3, -0.25) is 14.5 Å². The molecule has 1 aromatic rings. The molecule has 7 nitrogen and oxygen atoms in total. The molecule has 0 unspecified atom stereocenters. The fourth-order valence-corrected chi connectivity index (χ4v) is 4.97. The van der Waals surface area contributed by atoms with Gasteiger partial charge in [-0.15, -0.1) is 0 Å². The number of aryl methyl sites for hydroxylation is 1. The zero-order valence-electron chi connectivity index (χ0n) is 17.6. The average molecular weight is 400 g/mol. The zero-order chi connectivity index (χ0) is 20.3. The van der Waals surface area contributed by atoms with Gasteiger partial charge in [-0.05, 0) is 64.3 Å². The van der Waals surface area contributed by atoms with Crippen molar-refractivity contribution >= 4 is 17.5 Å². The van der Waals surface area contributed by atoms with E-state index in [-0.39, 0.29) is 11.6 Å². The number of piperazine rings is 1. The third kappa shape index (κ3) is 4.51. The number of hydrogen-bond donors (Lipinski definition) is 0. The Balaban J connectivity index is 1.11. The Bertz CT molecular complexity index is 701. The molecule has 0 atom stereocenters. The van der Waals surface area contributed by atoms with Gasteiger partial charge in [0.15, 0.2) is 0 Å². The molecule has 0 radical (unpaired) electrons. The Labute approximate surface area is 173 Å². The lowest BCUT2D eigenvalue weighted by molar-refractivity contribution is -0.138. The number of anilines is 1. The van der Waals surface area contributed by atoms with Crippen molar-refractivity contribution in [1.29, 1.82) is 0 Å². The summed E-state index contributed by atoms with van der Waals surface area (Å²) in [4.78, 5) is 40.5. The molecule has 7 heteroatoms. The number of carbonyl (C=O) groups is 2. The molecule has 2 saturated heterocycles. The molecule has 1 saturated carbocycles. The molecule has 3 aliphatic rings. The van der Waals surface area contributed by atoms with Gasteiger partial charge in [0.1, 0.15) is 11.6 Å². The maximum absolute atomic E-state index is 12.2. The molecule has 2 aliphatic heterocycles. The summed E-state index contributed by atoms with van der Waals surface area (Å²) in [7, 11) is 0. The predicted molar refractivity (Wildman–Crippen MR) is 112 cm³/mol. The lowest BCUT2D eigenvalue weighted by Gasteiger charge is -2.37. The van der Waals surface area contributed by atoms with Crippen LogP contribution in [0.2, 0.25) is 0 Å².